The smallest absolute Gasteiger partial charge is 0.167 e. The first kappa shape index (κ1) is 12.7. The third kappa shape index (κ3) is 3.39. The van der Waals surface area contributed by atoms with E-state index in [4.69, 9.17) is 9.47 Å². The largest absolute Gasteiger partial charge is 0.497 e. The van der Waals surface area contributed by atoms with E-state index in [9.17, 15) is 4.39 Å². The van der Waals surface area contributed by atoms with E-state index in [1.165, 1.54) is 6.07 Å². The van der Waals surface area contributed by atoms with Crippen LogP contribution in [0.25, 0.3) is 0 Å². The number of allylic oxidation sites excluding steroid dienone is 1. The molecule has 1 N–H and O–H groups in total. The number of anilines is 1. The van der Waals surface area contributed by atoms with Gasteiger partial charge in [-0.15, -0.1) is 0 Å². The lowest BCUT2D eigenvalue weighted by atomic mass is 10.1. The van der Waals surface area contributed by atoms with Crippen molar-refractivity contribution >= 4 is 5.69 Å². The van der Waals surface area contributed by atoms with Crippen molar-refractivity contribution in [3.05, 3.63) is 36.4 Å². The van der Waals surface area contributed by atoms with Gasteiger partial charge >= 0.3 is 0 Å². The molecule has 4 heteroatoms. The summed E-state index contributed by atoms with van der Waals surface area (Å²) in [7, 11) is 0. The molecule has 0 amide bonds. The highest BCUT2D eigenvalue weighted by molar-refractivity contribution is 5.47. The Hall–Kier alpha value is -1.71. The zero-order valence-corrected chi connectivity index (χ0v) is 10.5. The van der Waals surface area contributed by atoms with Crippen LogP contribution in [0.15, 0.2) is 30.5 Å². The van der Waals surface area contributed by atoms with E-state index >= 15 is 0 Å². The SMILES string of the molecule is CCOc1ccc(NCC2CCC=CO2)cc1F. The molecule has 0 spiro atoms. The molecule has 1 heterocycles. The number of hydrogen-bond donors (Lipinski definition) is 1. The van der Waals surface area contributed by atoms with Crippen molar-refractivity contribution in [1.29, 1.82) is 0 Å². The third-order valence-electron chi connectivity index (χ3n) is 2.79. The molecule has 1 unspecified atom stereocenters. The van der Waals surface area contributed by atoms with Crippen LogP contribution in [0.3, 0.4) is 0 Å². The number of rotatable bonds is 5. The summed E-state index contributed by atoms with van der Waals surface area (Å²) in [4.78, 5) is 0. The fraction of sp³-hybridized carbons (Fsp3) is 0.429. The van der Waals surface area contributed by atoms with E-state index in [-0.39, 0.29) is 11.9 Å². The molecule has 0 fully saturated rings. The van der Waals surface area contributed by atoms with E-state index in [0.717, 1.165) is 18.5 Å². The highest BCUT2D eigenvalue weighted by Gasteiger charge is 2.11. The summed E-state index contributed by atoms with van der Waals surface area (Å²) in [6.07, 6.45) is 5.92. The first-order valence-electron chi connectivity index (χ1n) is 6.26. The normalized spacial score (nSPS) is 18.2. The highest BCUT2D eigenvalue weighted by Crippen LogP contribution is 2.21. The van der Waals surface area contributed by atoms with Crippen molar-refractivity contribution in [3.8, 4) is 5.75 Å². The van der Waals surface area contributed by atoms with Gasteiger partial charge in [-0.25, -0.2) is 4.39 Å². The van der Waals surface area contributed by atoms with Gasteiger partial charge in [0.15, 0.2) is 11.6 Å². The van der Waals surface area contributed by atoms with Crippen molar-refractivity contribution < 1.29 is 13.9 Å². The zero-order chi connectivity index (χ0) is 12.8. The number of halogens is 1. The first-order valence-corrected chi connectivity index (χ1v) is 6.26. The summed E-state index contributed by atoms with van der Waals surface area (Å²) < 4.78 is 24.2. The Morgan fingerprint density at radius 2 is 2.39 bits per heavy atom. The van der Waals surface area contributed by atoms with Gasteiger partial charge in [0.05, 0.1) is 19.4 Å². The minimum Gasteiger partial charge on any atom is -0.497 e. The van der Waals surface area contributed by atoms with Crippen molar-refractivity contribution in [1.82, 2.24) is 0 Å². The van der Waals surface area contributed by atoms with Gasteiger partial charge < -0.3 is 14.8 Å². The van der Waals surface area contributed by atoms with E-state index in [2.05, 4.69) is 5.32 Å². The van der Waals surface area contributed by atoms with E-state index < -0.39 is 0 Å². The van der Waals surface area contributed by atoms with Crippen LogP contribution in [0.2, 0.25) is 0 Å². The molecule has 1 aromatic carbocycles. The Balaban J connectivity index is 1.89. The van der Waals surface area contributed by atoms with Gasteiger partial charge in [0.2, 0.25) is 0 Å². The minimum absolute atomic E-state index is 0.157. The summed E-state index contributed by atoms with van der Waals surface area (Å²) in [5.41, 5.74) is 0.745. The minimum atomic E-state index is -0.341. The molecule has 0 radical (unpaired) electrons. The molecule has 1 aliphatic heterocycles. The summed E-state index contributed by atoms with van der Waals surface area (Å²) in [6, 6.07) is 4.90. The molecular weight excluding hydrogens is 233 g/mol. The quantitative estimate of drug-likeness (QED) is 0.870. The Bertz CT molecular complexity index is 420. The lowest BCUT2D eigenvalue weighted by Crippen LogP contribution is -2.22. The fourth-order valence-corrected chi connectivity index (χ4v) is 1.85. The first-order chi connectivity index (χ1) is 8.79. The van der Waals surface area contributed by atoms with Crippen molar-refractivity contribution in [2.45, 2.75) is 25.9 Å². The van der Waals surface area contributed by atoms with Gasteiger partial charge in [-0.1, -0.05) is 0 Å². The molecule has 1 aliphatic rings. The second-order valence-corrected chi connectivity index (χ2v) is 4.17. The van der Waals surface area contributed by atoms with Gasteiger partial charge in [-0.2, -0.15) is 0 Å². The summed E-state index contributed by atoms with van der Waals surface area (Å²) in [5, 5.41) is 3.17. The zero-order valence-electron chi connectivity index (χ0n) is 10.5. The lowest BCUT2D eigenvalue weighted by Gasteiger charge is -2.20. The van der Waals surface area contributed by atoms with Gasteiger partial charge in [-0.05, 0) is 38.0 Å². The highest BCUT2D eigenvalue weighted by atomic mass is 19.1. The fourth-order valence-electron chi connectivity index (χ4n) is 1.85. The third-order valence-corrected chi connectivity index (χ3v) is 2.79. The van der Waals surface area contributed by atoms with Crippen molar-refractivity contribution in [3.63, 3.8) is 0 Å². The van der Waals surface area contributed by atoms with Crippen molar-refractivity contribution in [2.24, 2.45) is 0 Å². The Morgan fingerprint density at radius 3 is 3.06 bits per heavy atom. The van der Waals surface area contributed by atoms with Gasteiger partial charge in [-0.3, -0.25) is 0 Å². The average Bonchev–Trinajstić information content (AvgIpc) is 2.41. The summed E-state index contributed by atoms with van der Waals surface area (Å²) >= 11 is 0. The van der Waals surface area contributed by atoms with Crippen LogP contribution in [-0.4, -0.2) is 19.3 Å². The maximum absolute atomic E-state index is 13.6. The second kappa shape index (κ2) is 6.28. The van der Waals surface area contributed by atoms with Crippen LogP contribution in [0.5, 0.6) is 5.75 Å². The second-order valence-electron chi connectivity index (χ2n) is 4.17. The van der Waals surface area contributed by atoms with E-state index in [0.29, 0.717) is 18.9 Å². The van der Waals surface area contributed by atoms with Crippen LogP contribution in [-0.2, 0) is 4.74 Å². The predicted octanol–water partition coefficient (Wildman–Crippen LogP) is 3.33. The molecule has 2 rings (SSSR count). The maximum atomic E-state index is 13.6. The molecule has 3 nitrogen and oxygen atoms in total. The summed E-state index contributed by atoms with van der Waals surface area (Å²) in [5.74, 6) is -0.0498. The average molecular weight is 251 g/mol. The molecule has 1 atom stereocenters. The molecular formula is C14H18FNO2. The molecule has 18 heavy (non-hydrogen) atoms. The van der Waals surface area contributed by atoms with Crippen LogP contribution in [0.1, 0.15) is 19.8 Å². The predicted molar refractivity (Wildman–Crippen MR) is 69.3 cm³/mol. The van der Waals surface area contributed by atoms with Gasteiger partial charge in [0.1, 0.15) is 6.10 Å². The van der Waals surface area contributed by atoms with Gasteiger partial charge in [0, 0.05) is 11.8 Å². The molecule has 1 aromatic rings. The molecule has 0 aliphatic carbocycles. The monoisotopic (exact) mass is 251 g/mol. The van der Waals surface area contributed by atoms with E-state index in [1.54, 1.807) is 12.3 Å². The molecule has 0 saturated heterocycles. The van der Waals surface area contributed by atoms with Crippen LogP contribution in [0.4, 0.5) is 10.1 Å². The number of nitrogens with one attached hydrogen (secondary N) is 1. The molecule has 98 valence electrons. The van der Waals surface area contributed by atoms with Crippen LogP contribution < -0.4 is 10.1 Å². The molecule has 0 aromatic heterocycles. The number of benzene rings is 1. The standard InChI is InChI=1S/C14H18FNO2/c1-2-17-14-7-6-11(9-13(14)15)16-10-12-5-3-4-8-18-12/h4,6-9,12,16H,2-3,5,10H2,1H3. The Morgan fingerprint density at radius 1 is 1.50 bits per heavy atom. The van der Waals surface area contributed by atoms with Gasteiger partial charge in [0.25, 0.3) is 0 Å². The lowest BCUT2D eigenvalue weighted by molar-refractivity contribution is 0.135. The molecule has 0 bridgehead atoms. The number of hydrogen-bond acceptors (Lipinski definition) is 3. The van der Waals surface area contributed by atoms with Crippen LogP contribution >= 0.6 is 0 Å². The van der Waals surface area contributed by atoms with E-state index in [1.807, 2.05) is 19.1 Å². The topological polar surface area (TPSA) is 30.5 Å². The van der Waals surface area contributed by atoms with Crippen molar-refractivity contribution in [2.75, 3.05) is 18.5 Å². The number of ether oxygens (including phenoxy) is 2. The Kier molecular flexibility index (Phi) is 4.45. The summed E-state index contributed by atoms with van der Waals surface area (Å²) in [6.45, 7) is 2.98. The maximum Gasteiger partial charge on any atom is 0.167 e. The Labute approximate surface area is 107 Å². The van der Waals surface area contributed by atoms with Crippen LogP contribution in [0, 0.1) is 5.82 Å². The molecule has 0 saturated carbocycles.